The average molecular weight is 470 g/mol. The summed E-state index contributed by atoms with van der Waals surface area (Å²) in [7, 11) is 0. The number of aromatic nitrogens is 2. The molecule has 0 unspecified atom stereocenters. The third-order valence-corrected chi connectivity index (χ3v) is 5.68. The Kier molecular flexibility index (Phi) is 5.93. The quantitative estimate of drug-likeness (QED) is 0.354. The van der Waals surface area contributed by atoms with Gasteiger partial charge in [0.1, 0.15) is 0 Å². The normalized spacial score (nSPS) is 13.2. The summed E-state index contributed by atoms with van der Waals surface area (Å²) >= 11 is 0. The SMILES string of the molecule is O=C(Nc1cccc(-c2cc(-c3cc4c([nH]3)CCNC4=O)c(F)cn2)c1)C(F)=Cc1ccccc1. The summed E-state index contributed by atoms with van der Waals surface area (Å²) in [5.74, 6) is -2.54. The Balaban J connectivity index is 1.40. The van der Waals surface area contributed by atoms with Crippen LogP contribution in [0.3, 0.4) is 0 Å². The van der Waals surface area contributed by atoms with E-state index in [0.717, 1.165) is 18.0 Å². The standard InChI is InChI=1S/C27H20F2N4O2/c28-21(11-16-5-2-1-3-6-16)27(35)32-18-8-4-7-17(12-18)24-13-19(22(29)15-31-24)25-14-20-23(33-25)9-10-30-26(20)34/h1-8,11-15,33H,9-10H2,(H,30,34)(H,32,35). The van der Waals surface area contributed by atoms with Gasteiger partial charge in [0.25, 0.3) is 11.8 Å². The zero-order valence-electron chi connectivity index (χ0n) is 18.4. The molecule has 8 heteroatoms. The van der Waals surface area contributed by atoms with E-state index in [1.165, 1.54) is 0 Å². The monoisotopic (exact) mass is 470 g/mol. The van der Waals surface area contributed by atoms with Gasteiger partial charge in [-0.15, -0.1) is 0 Å². The molecule has 4 aromatic rings. The fraction of sp³-hybridized carbons (Fsp3) is 0.0741. The Bertz CT molecular complexity index is 1460. The number of pyridine rings is 1. The predicted molar refractivity (Wildman–Crippen MR) is 130 cm³/mol. The van der Waals surface area contributed by atoms with Crippen LogP contribution in [0.25, 0.3) is 28.6 Å². The van der Waals surface area contributed by atoms with Crippen LogP contribution in [-0.4, -0.2) is 28.3 Å². The first kappa shape index (κ1) is 22.2. The van der Waals surface area contributed by atoms with E-state index in [4.69, 9.17) is 0 Å². The van der Waals surface area contributed by atoms with Crippen molar-refractivity contribution in [3.05, 3.63) is 101 Å². The summed E-state index contributed by atoms with van der Waals surface area (Å²) in [5, 5.41) is 5.30. The molecule has 0 aliphatic carbocycles. The molecule has 0 fully saturated rings. The largest absolute Gasteiger partial charge is 0.358 e. The Hall–Kier alpha value is -4.59. The van der Waals surface area contributed by atoms with Crippen LogP contribution in [0.4, 0.5) is 14.5 Å². The number of anilines is 1. The van der Waals surface area contributed by atoms with Crippen LogP contribution in [-0.2, 0) is 11.2 Å². The van der Waals surface area contributed by atoms with Gasteiger partial charge in [0.15, 0.2) is 11.6 Å². The van der Waals surface area contributed by atoms with E-state index in [0.29, 0.717) is 46.7 Å². The van der Waals surface area contributed by atoms with Crippen LogP contribution in [0.15, 0.2) is 78.8 Å². The summed E-state index contributed by atoms with van der Waals surface area (Å²) in [6.45, 7) is 0.523. The van der Waals surface area contributed by atoms with Gasteiger partial charge in [-0.2, -0.15) is 0 Å². The van der Waals surface area contributed by atoms with Crippen molar-refractivity contribution in [2.24, 2.45) is 0 Å². The van der Waals surface area contributed by atoms with Crippen molar-refractivity contribution in [2.45, 2.75) is 6.42 Å². The molecule has 2 aromatic heterocycles. The number of hydrogen-bond acceptors (Lipinski definition) is 3. The molecule has 6 nitrogen and oxygen atoms in total. The number of halogens is 2. The molecule has 5 rings (SSSR count). The number of carbonyl (C=O) groups excluding carboxylic acids is 2. The van der Waals surface area contributed by atoms with Gasteiger partial charge in [-0.05, 0) is 35.9 Å². The number of nitrogens with one attached hydrogen (secondary N) is 3. The molecule has 1 aliphatic rings. The average Bonchev–Trinajstić information content (AvgIpc) is 3.31. The number of amides is 2. The van der Waals surface area contributed by atoms with E-state index < -0.39 is 17.6 Å². The zero-order chi connectivity index (χ0) is 24.4. The number of carbonyl (C=O) groups is 2. The minimum atomic E-state index is -0.927. The van der Waals surface area contributed by atoms with E-state index in [2.05, 4.69) is 20.6 Å². The molecule has 3 N–H and O–H groups in total. The summed E-state index contributed by atoms with van der Waals surface area (Å²) in [6.07, 6.45) is 2.90. The van der Waals surface area contributed by atoms with Crippen molar-refractivity contribution >= 4 is 23.6 Å². The lowest BCUT2D eigenvalue weighted by molar-refractivity contribution is -0.114. The zero-order valence-corrected chi connectivity index (χ0v) is 18.4. The number of hydrogen-bond donors (Lipinski definition) is 3. The maximum atomic E-state index is 14.7. The Labute approximate surface area is 199 Å². The maximum absolute atomic E-state index is 14.7. The second kappa shape index (κ2) is 9.34. The lowest BCUT2D eigenvalue weighted by atomic mass is 10.1. The molecule has 0 saturated heterocycles. The third kappa shape index (κ3) is 4.72. The van der Waals surface area contributed by atoms with Crippen LogP contribution >= 0.6 is 0 Å². The fourth-order valence-corrected chi connectivity index (χ4v) is 3.95. The van der Waals surface area contributed by atoms with E-state index in [9.17, 15) is 18.4 Å². The molecule has 2 amide bonds. The molecule has 0 atom stereocenters. The fourth-order valence-electron chi connectivity index (χ4n) is 3.95. The van der Waals surface area contributed by atoms with Crippen molar-refractivity contribution in [1.82, 2.24) is 15.3 Å². The highest BCUT2D eigenvalue weighted by atomic mass is 19.1. The lowest BCUT2D eigenvalue weighted by Gasteiger charge is -2.11. The highest BCUT2D eigenvalue weighted by Crippen LogP contribution is 2.30. The summed E-state index contributed by atoms with van der Waals surface area (Å²) < 4.78 is 29.0. The Morgan fingerprint density at radius 1 is 1.03 bits per heavy atom. The highest BCUT2D eigenvalue weighted by Gasteiger charge is 2.21. The smallest absolute Gasteiger partial charge is 0.284 e. The van der Waals surface area contributed by atoms with Crippen molar-refractivity contribution in [3.8, 4) is 22.5 Å². The second-order valence-corrected chi connectivity index (χ2v) is 8.07. The molecule has 1 aliphatic heterocycles. The van der Waals surface area contributed by atoms with E-state index in [1.807, 2.05) is 0 Å². The van der Waals surface area contributed by atoms with Crippen molar-refractivity contribution < 1.29 is 18.4 Å². The molecule has 35 heavy (non-hydrogen) atoms. The molecular formula is C27H20F2N4O2. The van der Waals surface area contributed by atoms with Gasteiger partial charge in [-0.1, -0.05) is 42.5 Å². The molecule has 174 valence electrons. The number of aromatic amines is 1. The van der Waals surface area contributed by atoms with Gasteiger partial charge < -0.3 is 15.6 Å². The van der Waals surface area contributed by atoms with Crippen LogP contribution in [0.2, 0.25) is 0 Å². The van der Waals surface area contributed by atoms with Gasteiger partial charge in [0, 0.05) is 41.2 Å². The van der Waals surface area contributed by atoms with Gasteiger partial charge in [-0.3, -0.25) is 14.6 Å². The summed E-state index contributed by atoms with van der Waals surface area (Å²) in [6, 6.07) is 18.6. The number of nitrogens with zero attached hydrogens (tertiary/aromatic N) is 1. The number of benzene rings is 2. The second-order valence-electron chi connectivity index (χ2n) is 8.07. The molecule has 0 spiro atoms. The van der Waals surface area contributed by atoms with Crippen LogP contribution in [0.1, 0.15) is 21.6 Å². The third-order valence-electron chi connectivity index (χ3n) is 5.68. The highest BCUT2D eigenvalue weighted by molar-refractivity contribution is 6.05. The van der Waals surface area contributed by atoms with Gasteiger partial charge >= 0.3 is 0 Å². The molecular weight excluding hydrogens is 450 g/mol. The summed E-state index contributed by atoms with van der Waals surface area (Å²) in [4.78, 5) is 31.7. The first-order valence-corrected chi connectivity index (χ1v) is 11.0. The van der Waals surface area contributed by atoms with Crippen LogP contribution in [0, 0.1) is 5.82 Å². The maximum Gasteiger partial charge on any atom is 0.284 e. The minimum absolute atomic E-state index is 0.194. The number of H-pyrrole nitrogens is 1. The van der Waals surface area contributed by atoms with Gasteiger partial charge in [0.2, 0.25) is 0 Å². The number of fused-ring (bicyclic) bond motifs is 1. The van der Waals surface area contributed by atoms with Crippen LogP contribution < -0.4 is 10.6 Å². The molecule has 3 heterocycles. The minimum Gasteiger partial charge on any atom is -0.358 e. The van der Waals surface area contributed by atoms with E-state index in [1.54, 1.807) is 66.7 Å². The summed E-state index contributed by atoms with van der Waals surface area (Å²) in [5.41, 5.74) is 4.00. The Morgan fingerprint density at radius 2 is 1.86 bits per heavy atom. The number of rotatable bonds is 5. The van der Waals surface area contributed by atoms with Crippen molar-refractivity contribution in [3.63, 3.8) is 0 Å². The first-order chi connectivity index (χ1) is 17.0. The molecule has 0 bridgehead atoms. The van der Waals surface area contributed by atoms with Gasteiger partial charge in [-0.25, -0.2) is 8.78 Å². The molecule has 0 radical (unpaired) electrons. The van der Waals surface area contributed by atoms with E-state index in [-0.39, 0.29) is 11.5 Å². The predicted octanol–water partition coefficient (Wildman–Crippen LogP) is 5.12. The van der Waals surface area contributed by atoms with Crippen LogP contribution in [0.5, 0.6) is 0 Å². The Morgan fingerprint density at radius 3 is 2.66 bits per heavy atom. The van der Waals surface area contributed by atoms with Gasteiger partial charge in [0.05, 0.1) is 17.5 Å². The molecule has 0 saturated carbocycles. The molecule has 2 aromatic carbocycles. The lowest BCUT2D eigenvalue weighted by Crippen LogP contribution is -2.31. The van der Waals surface area contributed by atoms with E-state index >= 15 is 0 Å². The van der Waals surface area contributed by atoms with Crippen molar-refractivity contribution in [1.29, 1.82) is 0 Å². The topological polar surface area (TPSA) is 86.9 Å². The first-order valence-electron chi connectivity index (χ1n) is 11.0. The van der Waals surface area contributed by atoms with Crippen molar-refractivity contribution in [2.75, 3.05) is 11.9 Å².